The lowest BCUT2D eigenvalue weighted by Crippen LogP contribution is -2.40. The number of benzene rings is 1. The Morgan fingerprint density at radius 1 is 1.36 bits per heavy atom. The summed E-state index contributed by atoms with van der Waals surface area (Å²) in [5.41, 5.74) is 8.52. The molecular formula is C17H22N4O. The van der Waals surface area contributed by atoms with Gasteiger partial charge in [0.25, 0.3) is 5.91 Å². The number of nitrogens with zero attached hydrogens (tertiary/aromatic N) is 3. The predicted molar refractivity (Wildman–Crippen MR) is 85.5 cm³/mol. The summed E-state index contributed by atoms with van der Waals surface area (Å²) < 4.78 is 1.99. The number of piperidine rings is 1. The normalized spacial score (nSPS) is 18.5. The zero-order valence-corrected chi connectivity index (χ0v) is 12.9. The smallest absolute Gasteiger partial charge is 0.253 e. The van der Waals surface area contributed by atoms with Crippen LogP contribution in [-0.2, 0) is 6.54 Å². The highest BCUT2D eigenvalue weighted by molar-refractivity contribution is 5.94. The number of hydrogen-bond donors (Lipinski definition) is 1. The van der Waals surface area contributed by atoms with Gasteiger partial charge in [-0.15, -0.1) is 0 Å². The second-order valence-electron chi connectivity index (χ2n) is 5.95. The lowest BCUT2D eigenvalue weighted by Gasteiger charge is -2.33. The Morgan fingerprint density at radius 3 is 2.77 bits per heavy atom. The molecule has 3 rings (SSSR count). The number of carbonyl (C=O) groups is 1. The molecule has 5 heteroatoms. The van der Waals surface area contributed by atoms with Crippen molar-refractivity contribution in [2.45, 2.75) is 32.4 Å². The molecule has 1 atom stereocenters. The summed E-state index contributed by atoms with van der Waals surface area (Å²) >= 11 is 0. The van der Waals surface area contributed by atoms with Crippen LogP contribution in [0, 0.1) is 6.92 Å². The van der Waals surface area contributed by atoms with Crippen LogP contribution in [0.15, 0.2) is 36.7 Å². The van der Waals surface area contributed by atoms with Crippen LogP contribution in [0.5, 0.6) is 0 Å². The molecule has 1 aromatic carbocycles. The van der Waals surface area contributed by atoms with Gasteiger partial charge in [0.05, 0.1) is 12.2 Å². The minimum Gasteiger partial charge on any atom is -0.337 e. The molecule has 1 aromatic heterocycles. The molecule has 0 spiro atoms. The van der Waals surface area contributed by atoms with Gasteiger partial charge in [0, 0.05) is 31.4 Å². The zero-order valence-electron chi connectivity index (χ0n) is 12.9. The molecule has 0 bridgehead atoms. The minimum absolute atomic E-state index is 0.0946. The standard InChI is InChI=1S/C17H22N4O/c1-13-10-19-21(11-13)16-3-2-8-20(12-16)17(22)15-6-4-14(9-18)5-7-15/h4-7,10-11,16H,2-3,8-9,12,18H2,1H3. The molecule has 1 fully saturated rings. The van der Waals surface area contributed by atoms with Crippen molar-refractivity contribution < 1.29 is 4.79 Å². The van der Waals surface area contributed by atoms with Crippen molar-refractivity contribution in [2.24, 2.45) is 5.73 Å². The molecule has 1 saturated heterocycles. The summed E-state index contributed by atoms with van der Waals surface area (Å²) in [6.07, 6.45) is 5.99. The largest absolute Gasteiger partial charge is 0.337 e. The Labute approximate surface area is 130 Å². The van der Waals surface area contributed by atoms with Crippen LogP contribution >= 0.6 is 0 Å². The third-order valence-electron chi connectivity index (χ3n) is 4.23. The zero-order chi connectivity index (χ0) is 15.5. The van der Waals surface area contributed by atoms with Gasteiger partial charge in [-0.1, -0.05) is 12.1 Å². The Bertz CT molecular complexity index is 647. The molecule has 1 unspecified atom stereocenters. The SMILES string of the molecule is Cc1cnn(C2CCCN(C(=O)c3ccc(CN)cc3)C2)c1. The van der Waals surface area contributed by atoms with E-state index in [0.29, 0.717) is 6.54 Å². The highest BCUT2D eigenvalue weighted by Gasteiger charge is 2.25. The average Bonchev–Trinajstić information content (AvgIpc) is 3.01. The molecule has 1 aliphatic rings. The number of aromatic nitrogens is 2. The van der Waals surface area contributed by atoms with Crippen LogP contribution in [0.1, 0.15) is 40.4 Å². The molecule has 2 N–H and O–H groups in total. The van der Waals surface area contributed by atoms with Gasteiger partial charge in [0.1, 0.15) is 0 Å². The molecular weight excluding hydrogens is 276 g/mol. The molecule has 2 heterocycles. The highest BCUT2D eigenvalue weighted by atomic mass is 16.2. The maximum Gasteiger partial charge on any atom is 0.253 e. The fraction of sp³-hybridized carbons (Fsp3) is 0.412. The Kier molecular flexibility index (Phi) is 4.24. The number of hydrogen-bond acceptors (Lipinski definition) is 3. The van der Waals surface area contributed by atoms with E-state index in [-0.39, 0.29) is 11.9 Å². The molecule has 2 aromatic rings. The minimum atomic E-state index is 0.0946. The van der Waals surface area contributed by atoms with Crippen molar-refractivity contribution in [2.75, 3.05) is 13.1 Å². The van der Waals surface area contributed by atoms with Crippen LogP contribution in [0.2, 0.25) is 0 Å². The fourth-order valence-electron chi connectivity index (χ4n) is 2.95. The number of carbonyl (C=O) groups excluding carboxylic acids is 1. The van der Waals surface area contributed by atoms with E-state index in [1.54, 1.807) is 0 Å². The first kappa shape index (κ1) is 14.8. The van der Waals surface area contributed by atoms with Crippen LogP contribution < -0.4 is 5.73 Å². The number of rotatable bonds is 3. The summed E-state index contributed by atoms with van der Waals surface area (Å²) in [7, 11) is 0. The quantitative estimate of drug-likeness (QED) is 0.944. The predicted octanol–water partition coefficient (Wildman–Crippen LogP) is 2.13. The van der Waals surface area contributed by atoms with Crippen LogP contribution in [0.4, 0.5) is 0 Å². The lowest BCUT2D eigenvalue weighted by molar-refractivity contribution is 0.0673. The van der Waals surface area contributed by atoms with Gasteiger partial charge in [-0.05, 0) is 43.0 Å². The average molecular weight is 298 g/mol. The van der Waals surface area contributed by atoms with Crippen molar-refractivity contribution in [1.29, 1.82) is 0 Å². The first-order chi connectivity index (χ1) is 10.7. The van der Waals surface area contributed by atoms with E-state index < -0.39 is 0 Å². The maximum absolute atomic E-state index is 12.6. The monoisotopic (exact) mass is 298 g/mol. The van der Waals surface area contributed by atoms with E-state index in [2.05, 4.69) is 11.3 Å². The summed E-state index contributed by atoms with van der Waals surface area (Å²) in [4.78, 5) is 14.6. The van der Waals surface area contributed by atoms with Gasteiger partial charge in [-0.2, -0.15) is 5.10 Å². The van der Waals surface area contributed by atoms with Crippen LogP contribution in [-0.4, -0.2) is 33.7 Å². The number of amides is 1. The second-order valence-corrected chi connectivity index (χ2v) is 5.95. The molecule has 0 radical (unpaired) electrons. The molecule has 116 valence electrons. The summed E-state index contributed by atoms with van der Waals surface area (Å²) in [6.45, 7) is 4.07. The van der Waals surface area contributed by atoms with Crippen LogP contribution in [0.3, 0.4) is 0 Å². The third kappa shape index (κ3) is 3.04. The number of likely N-dealkylation sites (tertiary alicyclic amines) is 1. The highest BCUT2D eigenvalue weighted by Crippen LogP contribution is 2.22. The molecule has 1 amide bonds. The summed E-state index contributed by atoms with van der Waals surface area (Å²) in [5.74, 6) is 0.0946. The lowest BCUT2D eigenvalue weighted by atomic mass is 10.0. The fourth-order valence-corrected chi connectivity index (χ4v) is 2.95. The number of aryl methyl sites for hydroxylation is 1. The first-order valence-corrected chi connectivity index (χ1v) is 7.76. The van der Waals surface area contributed by atoms with Crippen molar-refractivity contribution in [3.8, 4) is 0 Å². The molecule has 1 aliphatic heterocycles. The van der Waals surface area contributed by atoms with Gasteiger partial charge in [0.2, 0.25) is 0 Å². The summed E-state index contributed by atoms with van der Waals surface area (Å²) in [6, 6.07) is 7.85. The van der Waals surface area contributed by atoms with E-state index in [4.69, 9.17) is 5.73 Å². The molecule has 0 aliphatic carbocycles. The van der Waals surface area contributed by atoms with Crippen LogP contribution in [0.25, 0.3) is 0 Å². The second kappa shape index (κ2) is 6.32. The van der Waals surface area contributed by atoms with E-state index in [1.165, 1.54) is 0 Å². The third-order valence-corrected chi connectivity index (χ3v) is 4.23. The van der Waals surface area contributed by atoms with E-state index in [1.807, 2.05) is 47.0 Å². The Hall–Kier alpha value is -2.14. The molecule has 0 saturated carbocycles. The Morgan fingerprint density at radius 2 is 2.14 bits per heavy atom. The summed E-state index contributed by atoms with van der Waals surface area (Å²) in [5, 5.41) is 4.39. The Balaban J connectivity index is 1.71. The van der Waals surface area contributed by atoms with Crippen molar-refractivity contribution in [3.63, 3.8) is 0 Å². The number of nitrogens with two attached hydrogens (primary N) is 1. The maximum atomic E-state index is 12.6. The van der Waals surface area contributed by atoms with Crippen molar-refractivity contribution in [1.82, 2.24) is 14.7 Å². The van der Waals surface area contributed by atoms with Crippen molar-refractivity contribution in [3.05, 3.63) is 53.3 Å². The van der Waals surface area contributed by atoms with Gasteiger partial charge in [0.15, 0.2) is 0 Å². The van der Waals surface area contributed by atoms with E-state index in [9.17, 15) is 4.79 Å². The first-order valence-electron chi connectivity index (χ1n) is 7.76. The van der Waals surface area contributed by atoms with Gasteiger partial charge in [-0.3, -0.25) is 9.48 Å². The molecule has 5 nitrogen and oxygen atoms in total. The van der Waals surface area contributed by atoms with Gasteiger partial charge in [-0.25, -0.2) is 0 Å². The van der Waals surface area contributed by atoms with E-state index >= 15 is 0 Å². The van der Waals surface area contributed by atoms with Crippen molar-refractivity contribution >= 4 is 5.91 Å². The van der Waals surface area contributed by atoms with Gasteiger partial charge >= 0.3 is 0 Å². The molecule has 22 heavy (non-hydrogen) atoms. The van der Waals surface area contributed by atoms with Gasteiger partial charge < -0.3 is 10.6 Å². The topological polar surface area (TPSA) is 64.2 Å². The van der Waals surface area contributed by atoms with E-state index in [0.717, 1.165) is 42.6 Å².